The normalized spacial score (nSPS) is 19.1. The fourth-order valence-electron chi connectivity index (χ4n) is 2.91. The minimum atomic E-state index is 0.650. The molecule has 0 saturated carbocycles. The van der Waals surface area contributed by atoms with E-state index < -0.39 is 0 Å². The van der Waals surface area contributed by atoms with Crippen LogP contribution in [0.2, 0.25) is 0 Å². The molecule has 0 radical (unpaired) electrons. The number of benzene rings is 1. The van der Waals surface area contributed by atoms with Crippen molar-refractivity contribution in [2.24, 2.45) is 0 Å². The van der Waals surface area contributed by atoms with Gasteiger partial charge in [0.2, 0.25) is 0 Å². The Kier molecular flexibility index (Phi) is 2.50. The summed E-state index contributed by atoms with van der Waals surface area (Å²) in [5.74, 6) is 0.650. The number of nitrogens with zero attached hydrogens (tertiary/aromatic N) is 2. The Morgan fingerprint density at radius 2 is 2.18 bits per heavy atom. The van der Waals surface area contributed by atoms with E-state index >= 15 is 0 Å². The van der Waals surface area contributed by atoms with Crippen LogP contribution in [-0.4, -0.2) is 9.55 Å². The van der Waals surface area contributed by atoms with E-state index in [2.05, 4.69) is 41.6 Å². The minimum absolute atomic E-state index is 0.650. The van der Waals surface area contributed by atoms with Crippen LogP contribution in [0.1, 0.15) is 34.7 Å². The number of aryl methyl sites for hydroxylation is 3. The smallest absolute Gasteiger partial charge is 0.0948 e. The highest BCUT2D eigenvalue weighted by molar-refractivity contribution is 5.33. The zero-order valence-corrected chi connectivity index (χ0v) is 10.5. The Labute approximate surface area is 102 Å². The van der Waals surface area contributed by atoms with Crippen molar-refractivity contribution in [1.82, 2.24) is 9.55 Å². The zero-order chi connectivity index (χ0) is 11.8. The monoisotopic (exact) mass is 226 g/mol. The van der Waals surface area contributed by atoms with Crippen LogP contribution in [0.15, 0.2) is 30.7 Å². The van der Waals surface area contributed by atoms with Gasteiger partial charge >= 0.3 is 0 Å². The Balaban J connectivity index is 1.91. The molecule has 2 heteroatoms. The largest absolute Gasteiger partial charge is 0.334 e. The third-order valence-corrected chi connectivity index (χ3v) is 3.83. The lowest BCUT2D eigenvalue weighted by Gasteiger charge is -2.25. The number of imidazole rings is 1. The molecule has 17 heavy (non-hydrogen) atoms. The Bertz CT molecular complexity index is 540. The van der Waals surface area contributed by atoms with Gasteiger partial charge in [-0.05, 0) is 37.8 Å². The lowest BCUT2D eigenvalue weighted by atomic mass is 9.87. The lowest BCUT2D eigenvalue weighted by molar-refractivity contribution is 0.462. The molecule has 1 atom stereocenters. The van der Waals surface area contributed by atoms with E-state index in [1.54, 1.807) is 0 Å². The van der Waals surface area contributed by atoms with Gasteiger partial charge in [0.15, 0.2) is 0 Å². The first-order valence-electron chi connectivity index (χ1n) is 6.30. The Morgan fingerprint density at radius 3 is 3.00 bits per heavy atom. The summed E-state index contributed by atoms with van der Waals surface area (Å²) in [7, 11) is 0. The molecule has 0 aliphatic carbocycles. The van der Waals surface area contributed by atoms with Crippen LogP contribution in [0.4, 0.5) is 0 Å². The molecule has 1 unspecified atom stereocenters. The average molecular weight is 226 g/mol. The molecule has 2 heterocycles. The molecule has 0 amide bonds. The van der Waals surface area contributed by atoms with Gasteiger partial charge in [-0.25, -0.2) is 4.98 Å². The number of hydrogen-bond acceptors (Lipinski definition) is 1. The van der Waals surface area contributed by atoms with Crippen LogP contribution in [0.3, 0.4) is 0 Å². The zero-order valence-electron chi connectivity index (χ0n) is 10.5. The minimum Gasteiger partial charge on any atom is -0.334 e. The van der Waals surface area contributed by atoms with Gasteiger partial charge in [0, 0.05) is 24.4 Å². The van der Waals surface area contributed by atoms with Gasteiger partial charge in [0.05, 0.1) is 6.33 Å². The molecule has 1 aromatic heterocycles. The van der Waals surface area contributed by atoms with Crippen molar-refractivity contribution < 1.29 is 0 Å². The molecule has 1 aromatic carbocycles. The van der Waals surface area contributed by atoms with Crippen molar-refractivity contribution >= 4 is 0 Å². The van der Waals surface area contributed by atoms with Crippen LogP contribution >= 0.6 is 0 Å². The van der Waals surface area contributed by atoms with E-state index in [0.717, 1.165) is 13.0 Å². The Hall–Kier alpha value is -1.57. The molecule has 0 bridgehead atoms. The summed E-state index contributed by atoms with van der Waals surface area (Å²) in [6.45, 7) is 5.47. The van der Waals surface area contributed by atoms with Crippen LogP contribution in [0, 0.1) is 13.8 Å². The maximum atomic E-state index is 4.23. The summed E-state index contributed by atoms with van der Waals surface area (Å²) in [5, 5.41) is 0. The number of aromatic nitrogens is 2. The predicted molar refractivity (Wildman–Crippen MR) is 69.2 cm³/mol. The van der Waals surface area contributed by atoms with Crippen molar-refractivity contribution in [1.29, 1.82) is 0 Å². The summed E-state index contributed by atoms with van der Waals surface area (Å²) in [5.41, 5.74) is 5.67. The van der Waals surface area contributed by atoms with Crippen LogP contribution in [0.5, 0.6) is 0 Å². The second-order valence-corrected chi connectivity index (χ2v) is 5.13. The van der Waals surface area contributed by atoms with Gasteiger partial charge in [-0.1, -0.05) is 23.8 Å². The molecule has 1 aliphatic heterocycles. The molecule has 0 N–H and O–H groups in total. The molecule has 2 nitrogen and oxygen atoms in total. The van der Waals surface area contributed by atoms with Gasteiger partial charge in [-0.15, -0.1) is 0 Å². The van der Waals surface area contributed by atoms with E-state index in [-0.39, 0.29) is 0 Å². The van der Waals surface area contributed by atoms with E-state index in [1.165, 1.54) is 28.8 Å². The number of fused-ring (bicyclic) bond motifs is 1. The second-order valence-electron chi connectivity index (χ2n) is 5.13. The average Bonchev–Trinajstić information content (AvgIpc) is 2.75. The van der Waals surface area contributed by atoms with Crippen LogP contribution in [0.25, 0.3) is 0 Å². The summed E-state index contributed by atoms with van der Waals surface area (Å²) < 4.78 is 2.30. The van der Waals surface area contributed by atoms with Crippen molar-refractivity contribution in [3.63, 3.8) is 0 Å². The predicted octanol–water partition coefficient (Wildman–Crippen LogP) is 3.23. The van der Waals surface area contributed by atoms with Crippen molar-refractivity contribution in [3.05, 3.63) is 53.1 Å². The molecular formula is C15H18N2. The quantitative estimate of drug-likeness (QED) is 0.730. The molecule has 2 aromatic rings. The first-order valence-corrected chi connectivity index (χ1v) is 6.30. The highest BCUT2D eigenvalue weighted by Gasteiger charge is 2.20. The van der Waals surface area contributed by atoms with Gasteiger partial charge in [-0.2, -0.15) is 0 Å². The number of hydrogen-bond donors (Lipinski definition) is 0. The Morgan fingerprint density at radius 1 is 1.29 bits per heavy atom. The van der Waals surface area contributed by atoms with Crippen molar-refractivity contribution in [2.75, 3.05) is 0 Å². The van der Waals surface area contributed by atoms with Gasteiger partial charge in [0.25, 0.3) is 0 Å². The van der Waals surface area contributed by atoms with Crippen molar-refractivity contribution in [2.45, 2.75) is 39.2 Å². The molecule has 1 aliphatic rings. The highest BCUT2D eigenvalue weighted by Crippen LogP contribution is 2.30. The summed E-state index contributed by atoms with van der Waals surface area (Å²) in [6, 6.07) is 6.82. The lowest BCUT2D eigenvalue weighted by Crippen LogP contribution is -2.18. The standard InChI is InChI=1S/C15H18N2/c1-11-3-6-15(12(2)7-11)13-4-5-14-8-16-10-17(14)9-13/h3,6-8,10,13H,4-5,9H2,1-2H3. The fourth-order valence-corrected chi connectivity index (χ4v) is 2.91. The maximum Gasteiger partial charge on any atom is 0.0948 e. The fraction of sp³-hybridized carbons (Fsp3) is 0.400. The summed E-state index contributed by atoms with van der Waals surface area (Å²) in [4.78, 5) is 4.23. The summed E-state index contributed by atoms with van der Waals surface area (Å²) >= 11 is 0. The van der Waals surface area contributed by atoms with E-state index in [4.69, 9.17) is 0 Å². The molecule has 0 fully saturated rings. The van der Waals surface area contributed by atoms with E-state index in [1.807, 2.05) is 12.5 Å². The SMILES string of the molecule is Cc1ccc(C2CCc3cncn3C2)c(C)c1. The van der Waals surface area contributed by atoms with Crippen LogP contribution in [-0.2, 0) is 13.0 Å². The molecule has 0 saturated heterocycles. The van der Waals surface area contributed by atoms with Crippen LogP contribution < -0.4 is 0 Å². The van der Waals surface area contributed by atoms with Gasteiger partial charge in [0.1, 0.15) is 0 Å². The van der Waals surface area contributed by atoms with E-state index in [9.17, 15) is 0 Å². The topological polar surface area (TPSA) is 17.8 Å². The number of rotatable bonds is 1. The third-order valence-electron chi connectivity index (χ3n) is 3.83. The summed E-state index contributed by atoms with van der Waals surface area (Å²) in [6.07, 6.45) is 6.36. The molecular weight excluding hydrogens is 208 g/mol. The second kappa shape index (κ2) is 4.02. The van der Waals surface area contributed by atoms with E-state index in [0.29, 0.717) is 5.92 Å². The van der Waals surface area contributed by atoms with Gasteiger partial charge < -0.3 is 4.57 Å². The first-order chi connectivity index (χ1) is 8.24. The third kappa shape index (κ3) is 1.88. The van der Waals surface area contributed by atoms with Gasteiger partial charge in [-0.3, -0.25) is 0 Å². The van der Waals surface area contributed by atoms with Crippen molar-refractivity contribution in [3.8, 4) is 0 Å². The first kappa shape index (κ1) is 10.6. The highest BCUT2D eigenvalue weighted by atomic mass is 15.1. The molecule has 3 rings (SSSR count). The molecule has 0 spiro atoms. The maximum absolute atomic E-state index is 4.23. The molecule has 88 valence electrons.